The molecule has 0 fully saturated rings. The van der Waals surface area contributed by atoms with Crippen molar-refractivity contribution in [1.29, 1.82) is 0 Å². The van der Waals surface area contributed by atoms with Crippen LogP contribution in [0, 0.1) is 6.92 Å². The molecule has 134 valence electrons. The largest absolute Gasteiger partial charge is 0.326 e. The third kappa shape index (κ3) is 5.59. The van der Waals surface area contributed by atoms with Crippen molar-refractivity contribution in [2.24, 2.45) is 0 Å². The highest BCUT2D eigenvalue weighted by Crippen LogP contribution is 2.23. The number of hydrogen-bond acceptors (Lipinski definition) is 3. The predicted molar refractivity (Wildman–Crippen MR) is 104 cm³/mol. The molecule has 0 saturated carbocycles. The van der Waals surface area contributed by atoms with Crippen LogP contribution in [0.3, 0.4) is 0 Å². The highest BCUT2D eigenvalue weighted by molar-refractivity contribution is 6.03. The van der Waals surface area contributed by atoms with Crippen LogP contribution in [0.1, 0.15) is 25.0 Å². The normalized spacial score (nSPS) is 10.4. The Balaban J connectivity index is 2.03. The van der Waals surface area contributed by atoms with Crippen LogP contribution in [-0.4, -0.2) is 17.7 Å². The third-order valence-corrected chi connectivity index (χ3v) is 3.56. The molecule has 0 unspecified atom stereocenters. The average molecular weight is 351 g/mol. The zero-order chi connectivity index (χ0) is 19.1. The van der Waals surface area contributed by atoms with Crippen molar-refractivity contribution in [3.8, 4) is 0 Å². The van der Waals surface area contributed by atoms with Crippen molar-refractivity contribution in [3.63, 3.8) is 0 Å². The number of rotatable bonds is 5. The maximum Gasteiger partial charge on any atom is 0.248 e. The van der Waals surface area contributed by atoms with E-state index in [1.54, 1.807) is 48.5 Å². The number of amides is 3. The molecule has 0 aliphatic rings. The fraction of sp³-hybridized carbons (Fsp3) is 0.150. The van der Waals surface area contributed by atoms with Gasteiger partial charge in [-0.05, 0) is 48.4 Å². The molecule has 0 aliphatic carbocycles. The molecule has 3 N–H and O–H groups in total. The summed E-state index contributed by atoms with van der Waals surface area (Å²) in [6.45, 7) is 4.71. The first-order valence-corrected chi connectivity index (χ1v) is 8.09. The van der Waals surface area contributed by atoms with Gasteiger partial charge in [0.05, 0.1) is 0 Å². The number of carbonyl (C=O) groups is 3. The summed E-state index contributed by atoms with van der Waals surface area (Å²) in [5, 5.41) is 8.20. The molecule has 2 rings (SSSR count). The molecule has 0 aliphatic heterocycles. The second kappa shape index (κ2) is 8.62. The topological polar surface area (TPSA) is 87.3 Å². The van der Waals surface area contributed by atoms with E-state index in [1.807, 2.05) is 6.92 Å². The summed E-state index contributed by atoms with van der Waals surface area (Å²) in [6.07, 6.45) is 3.11. The van der Waals surface area contributed by atoms with Crippen molar-refractivity contribution in [3.05, 3.63) is 59.7 Å². The van der Waals surface area contributed by atoms with Crippen LogP contribution < -0.4 is 16.0 Å². The van der Waals surface area contributed by atoms with Gasteiger partial charge < -0.3 is 16.0 Å². The summed E-state index contributed by atoms with van der Waals surface area (Å²) in [6, 6.07) is 12.4. The van der Waals surface area contributed by atoms with E-state index in [-0.39, 0.29) is 17.7 Å². The van der Waals surface area contributed by atoms with Crippen LogP contribution in [0.5, 0.6) is 0 Å². The Morgan fingerprint density at radius 1 is 0.808 bits per heavy atom. The summed E-state index contributed by atoms with van der Waals surface area (Å²) < 4.78 is 0. The molecule has 2 aromatic rings. The lowest BCUT2D eigenvalue weighted by molar-refractivity contribution is -0.115. The van der Waals surface area contributed by atoms with Gasteiger partial charge in [0, 0.05) is 37.0 Å². The van der Waals surface area contributed by atoms with Crippen LogP contribution in [0.2, 0.25) is 0 Å². The van der Waals surface area contributed by atoms with Crippen molar-refractivity contribution < 1.29 is 14.4 Å². The maximum absolute atomic E-state index is 12.1. The van der Waals surface area contributed by atoms with Crippen LogP contribution in [-0.2, 0) is 14.4 Å². The van der Waals surface area contributed by atoms with Gasteiger partial charge in [0.25, 0.3) is 0 Å². The first-order chi connectivity index (χ1) is 12.3. The van der Waals surface area contributed by atoms with Gasteiger partial charge in [0.1, 0.15) is 0 Å². The molecule has 3 amide bonds. The average Bonchev–Trinajstić information content (AvgIpc) is 2.57. The van der Waals surface area contributed by atoms with Crippen molar-refractivity contribution in [2.75, 3.05) is 16.0 Å². The van der Waals surface area contributed by atoms with Gasteiger partial charge in [-0.25, -0.2) is 0 Å². The summed E-state index contributed by atoms with van der Waals surface area (Å²) in [7, 11) is 0. The fourth-order valence-electron chi connectivity index (χ4n) is 2.32. The van der Waals surface area contributed by atoms with Gasteiger partial charge in [0.15, 0.2) is 0 Å². The Hall–Kier alpha value is -3.41. The summed E-state index contributed by atoms with van der Waals surface area (Å²) in [5.74, 6) is -0.581. The molecule has 0 radical (unpaired) electrons. The van der Waals surface area contributed by atoms with Crippen molar-refractivity contribution in [2.45, 2.75) is 20.8 Å². The van der Waals surface area contributed by atoms with Gasteiger partial charge in [-0.15, -0.1) is 0 Å². The van der Waals surface area contributed by atoms with Gasteiger partial charge in [-0.1, -0.05) is 18.2 Å². The lowest BCUT2D eigenvalue weighted by Gasteiger charge is -2.11. The van der Waals surface area contributed by atoms with Gasteiger partial charge in [-0.2, -0.15) is 0 Å². The molecule has 0 bridgehead atoms. The third-order valence-electron chi connectivity index (χ3n) is 3.56. The van der Waals surface area contributed by atoms with Crippen LogP contribution in [0.4, 0.5) is 17.1 Å². The second-order valence-corrected chi connectivity index (χ2v) is 5.79. The zero-order valence-electron chi connectivity index (χ0n) is 14.9. The number of anilines is 3. The molecular formula is C20H21N3O3. The van der Waals surface area contributed by atoms with Crippen LogP contribution in [0.25, 0.3) is 6.08 Å². The van der Waals surface area contributed by atoms with E-state index < -0.39 is 0 Å². The second-order valence-electron chi connectivity index (χ2n) is 5.79. The Kier molecular flexibility index (Phi) is 6.27. The first kappa shape index (κ1) is 18.9. The summed E-state index contributed by atoms with van der Waals surface area (Å²) in [5.41, 5.74) is 3.60. The monoisotopic (exact) mass is 351 g/mol. The summed E-state index contributed by atoms with van der Waals surface area (Å²) >= 11 is 0. The molecule has 0 aromatic heterocycles. The number of nitrogens with one attached hydrogen (secondary N) is 3. The molecule has 0 spiro atoms. The van der Waals surface area contributed by atoms with E-state index in [9.17, 15) is 14.4 Å². The number of hydrogen-bond donors (Lipinski definition) is 3. The molecule has 6 nitrogen and oxygen atoms in total. The fourth-order valence-corrected chi connectivity index (χ4v) is 2.32. The van der Waals surface area contributed by atoms with Gasteiger partial charge in [-0.3, -0.25) is 14.4 Å². The van der Waals surface area contributed by atoms with E-state index in [0.29, 0.717) is 17.1 Å². The smallest absolute Gasteiger partial charge is 0.248 e. The van der Waals surface area contributed by atoms with E-state index in [0.717, 1.165) is 11.1 Å². The van der Waals surface area contributed by atoms with E-state index in [2.05, 4.69) is 16.0 Å². The standard InChI is InChI=1S/C20H21N3O3/c1-13-18(22-15(3)25)5-4-6-19(13)23-20(26)12-9-16-7-10-17(11-8-16)21-14(2)24/h4-12H,1-3H3,(H,21,24)(H,22,25)(H,23,26)/b12-9+. The molecule has 6 heteroatoms. The SMILES string of the molecule is CC(=O)Nc1ccc(/C=C/C(=O)Nc2cccc(NC(C)=O)c2C)cc1. The Labute approximate surface area is 152 Å². The van der Waals surface area contributed by atoms with Crippen molar-refractivity contribution >= 4 is 40.9 Å². The number of carbonyl (C=O) groups excluding carboxylic acids is 3. The molecule has 0 saturated heterocycles. The highest BCUT2D eigenvalue weighted by Gasteiger charge is 2.07. The Bertz CT molecular complexity index is 855. The molecular weight excluding hydrogens is 330 g/mol. The summed E-state index contributed by atoms with van der Waals surface area (Å²) in [4.78, 5) is 34.3. The Morgan fingerprint density at radius 3 is 1.96 bits per heavy atom. The minimum absolute atomic E-state index is 0.135. The minimum Gasteiger partial charge on any atom is -0.326 e. The van der Waals surface area contributed by atoms with Gasteiger partial charge in [0.2, 0.25) is 17.7 Å². The molecule has 0 atom stereocenters. The van der Waals surface area contributed by atoms with Crippen LogP contribution in [0.15, 0.2) is 48.5 Å². The maximum atomic E-state index is 12.1. The molecule has 26 heavy (non-hydrogen) atoms. The minimum atomic E-state index is -0.279. The lowest BCUT2D eigenvalue weighted by Crippen LogP contribution is -2.12. The van der Waals surface area contributed by atoms with Crippen molar-refractivity contribution in [1.82, 2.24) is 0 Å². The zero-order valence-corrected chi connectivity index (χ0v) is 14.9. The highest BCUT2D eigenvalue weighted by atomic mass is 16.2. The molecule has 0 heterocycles. The van der Waals surface area contributed by atoms with E-state index in [1.165, 1.54) is 19.9 Å². The quantitative estimate of drug-likeness (QED) is 0.720. The number of benzene rings is 2. The van der Waals surface area contributed by atoms with E-state index in [4.69, 9.17) is 0 Å². The first-order valence-electron chi connectivity index (χ1n) is 8.09. The van der Waals surface area contributed by atoms with Gasteiger partial charge >= 0.3 is 0 Å². The predicted octanol–water partition coefficient (Wildman–Crippen LogP) is 3.56. The Morgan fingerprint density at radius 2 is 1.38 bits per heavy atom. The lowest BCUT2D eigenvalue weighted by atomic mass is 10.1. The molecule has 2 aromatic carbocycles. The van der Waals surface area contributed by atoms with Crippen LogP contribution >= 0.6 is 0 Å². The van der Waals surface area contributed by atoms with E-state index >= 15 is 0 Å².